The lowest BCUT2D eigenvalue weighted by Crippen LogP contribution is -2.43. The second-order valence-electron chi connectivity index (χ2n) is 13.9. The number of carboxylic acids is 3. The number of benzene rings is 1. The van der Waals surface area contributed by atoms with Gasteiger partial charge in [-0.25, -0.2) is 14.8 Å². The molecule has 0 saturated carbocycles. The molecule has 61 heavy (non-hydrogen) atoms. The van der Waals surface area contributed by atoms with Crippen LogP contribution in [0.1, 0.15) is 28.9 Å². The van der Waals surface area contributed by atoms with E-state index in [0.717, 1.165) is 0 Å². The van der Waals surface area contributed by atoms with Crippen molar-refractivity contribution in [2.75, 3.05) is 109 Å². The molecule has 1 aromatic carbocycles. The number of hydrogen-bond acceptors (Lipinski definition) is 17. The number of H-pyrrole nitrogens is 1. The van der Waals surface area contributed by atoms with Gasteiger partial charge in [-0.3, -0.25) is 48.5 Å². The monoisotopic (exact) mass is 856 g/mol. The first kappa shape index (κ1) is 47.3. The van der Waals surface area contributed by atoms with Crippen LogP contribution in [0, 0.1) is 0 Å². The van der Waals surface area contributed by atoms with Gasteiger partial charge in [0.05, 0.1) is 64.5 Å². The van der Waals surface area contributed by atoms with Gasteiger partial charge in [0.2, 0.25) is 17.8 Å². The third kappa shape index (κ3) is 17.4. The zero-order chi connectivity index (χ0) is 44.1. The molecule has 0 aliphatic carbocycles. The highest BCUT2D eigenvalue weighted by Gasteiger charge is 2.23. The Morgan fingerprint density at radius 3 is 1.89 bits per heavy atom. The predicted molar refractivity (Wildman–Crippen MR) is 217 cm³/mol. The van der Waals surface area contributed by atoms with Crippen LogP contribution < -0.4 is 32.6 Å². The molecule has 24 nitrogen and oxygen atoms in total. The normalized spacial score (nSPS) is 14.6. The molecular weight excluding hydrogens is 804 g/mol. The Morgan fingerprint density at radius 2 is 1.33 bits per heavy atom. The van der Waals surface area contributed by atoms with Gasteiger partial charge < -0.3 is 51.8 Å². The highest BCUT2D eigenvalue weighted by Crippen LogP contribution is 2.12. The first-order chi connectivity index (χ1) is 29.2. The molecule has 0 bridgehead atoms. The molecule has 1 atom stereocenters. The Bertz CT molecular complexity index is 1990. The van der Waals surface area contributed by atoms with Gasteiger partial charge in [-0.05, 0) is 30.7 Å². The summed E-state index contributed by atoms with van der Waals surface area (Å²) in [6.45, 7) is 3.70. The maximum absolute atomic E-state index is 12.8. The van der Waals surface area contributed by atoms with E-state index in [4.69, 9.17) is 15.2 Å². The van der Waals surface area contributed by atoms with Gasteiger partial charge in [0, 0.05) is 70.0 Å². The molecule has 3 heterocycles. The summed E-state index contributed by atoms with van der Waals surface area (Å²) in [6.07, 6.45) is 1.14. The molecular formula is C37H52N12O12. The van der Waals surface area contributed by atoms with E-state index in [1.165, 1.54) is 18.3 Å². The second kappa shape index (κ2) is 24.7. The minimum Gasteiger partial charge on any atom is -0.480 e. The molecule has 3 amide bonds. The van der Waals surface area contributed by atoms with E-state index >= 15 is 0 Å². The number of rotatable bonds is 24. The van der Waals surface area contributed by atoms with Gasteiger partial charge in [0.25, 0.3) is 11.5 Å². The predicted octanol–water partition coefficient (Wildman–Crippen LogP) is -2.77. The van der Waals surface area contributed by atoms with Crippen LogP contribution in [0.4, 0.5) is 11.6 Å². The standard InChI is InChI=1S/C37H52N12O12/c38-37-45-33-32(35(57)46-37)43-26(20-42-33)19-41-25-3-1-24(2-4-25)34(56)44-27(36(58)59)5-6-28(50)39-7-15-60-17-18-61-16-8-40-29(51)21-47-9-11-48(22-30(52)53)13-14-49(12-10-47)23-31(54)55/h1-4,20,27,41H,5-19,21-23H2,(H,39,50)(H,40,51)(H,44,56)(H,52,53)(H,54,55)(H,58,59)(H3,38,42,45,46,57)/t27-/m0/s1. The van der Waals surface area contributed by atoms with E-state index < -0.39 is 41.3 Å². The lowest BCUT2D eigenvalue weighted by molar-refractivity contribution is -0.140. The van der Waals surface area contributed by atoms with E-state index in [0.29, 0.717) is 50.6 Å². The van der Waals surface area contributed by atoms with Crippen LogP contribution in [-0.2, 0) is 40.0 Å². The molecule has 1 aliphatic rings. The molecule has 0 spiro atoms. The fourth-order valence-corrected chi connectivity index (χ4v) is 6.00. The summed E-state index contributed by atoms with van der Waals surface area (Å²) in [6, 6.07) is 4.91. The van der Waals surface area contributed by atoms with Crippen LogP contribution in [0.5, 0.6) is 0 Å². The third-order valence-electron chi connectivity index (χ3n) is 9.16. The summed E-state index contributed by atoms with van der Waals surface area (Å²) in [5, 5.41) is 39.0. The molecule has 1 fully saturated rings. The van der Waals surface area contributed by atoms with Crippen LogP contribution in [-0.4, -0.2) is 190 Å². The van der Waals surface area contributed by atoms with Gasteiger partial charge in [-0.15, -0.1) is 0 Å². The van der Waals surface area contributed by atoms with Crippen molar-refractivity contribution in [2.45, 2.75) is 25.4 Å². The summed E-state index contributed by atoms with van der Waals surface area (Å²) >= 11 is 0. The first-order valence-electron chi connectivity index (χ1n) is 19.4. The smallest absolute Gasteiger partial charge is 0.326 e. The number of carboxylic acid groups (broad SMARTS) is 3. The number of aromatic nitrogens is 4. The zero-order valence-corrected chi connectivity index (χ0v) is 33.5. The van der Waals surface area contributed by atoms with Crippen molar-refractivity contribution >= 4 is 58.4 Å². The van der Waals surface area contributed by atoms with Gasteiger partial charge in [-0.2, -0.15) is 4.98 Å². The van der Waals surface area contributed by atoms with Crippen LogP contribution in [0.3, 0.4) is 0 Å². The zero-order valence-electron chi connectivity index (χ0n) is 33.5. The fraction of sp³-hybridized carbons (Fsp3) is 0.514. The molecule has 24 heteroatoms. The maximum Gasteiger partial charge on any atom is 0.326 e. The van der Waals surface area contributed by atoms with E-state index in [-0.39, 0.29) is 107 Å². The lowest BCUT2D eigenvalue weighted by atomic mass is 10.1. The average Bonchev–Trinajstić information content (AvgIpc) is 3.29. The Hall–Kier alpha value is -6.34. The van der Waals surface area contributed by atoms with Crippen molar-refractivity contribution in [1.82, 2.24) is 50.6 Å². The number of aromatic amines is 1. The highest BCUT2D eigenvalue weighted by molar-refractivity contribution is 5.97. The molecule has 1 aliphatic heterocycles. The Labute approximate surface area is 349 Å². The molecule has 332 valence electrons. The molecule has 0 radical (unpaired) electrons. The van der Waals surface area contributed by atoms with Crippen LogP contribution in [0.15, 0.2) is 35.3 Å². The molecule has 0 unspecified atom stereocenters. The Kier molecular flexibility index (Phi) is 19.1. The minimum absolute atomic E-state index is 0.0393. The number of nitrogens with one attached hydrogen (secondary N) is 5. The molecule has 10 N–H and O–H groups in total. The molecule has 4 rings (SSSR count). The van der Waals surface area contributed by atoms with E-state index in [1.54, 1.807) is 21.9 Å². The number of amides is 3. The number of nitrogens with zero attached hydrogens (tertiary/aromatic N) is 6. The summed E-state index contributed by atoms with van der Waals surface area (Å²) in [7, 11) is 0. The topological polar surface area (TPSA) is 337 Å². The van der Waals surface area contributed by atoms with Crippen molar-refractivity contribution in [1.29, 1.82) is 0 Å². The van der Waals surface area contributed by atoms with Gasteiger partial charge in [0.1, 0.15) is 6.04 Å². The van der Waals surface area contributed by atoms with Crippen LogP contribution >= 0.6 is 0 Å². The lowest BCUT2D eigenvalue weighted by Gasteiger charge is -2.24. The summed E-state index contributed by atoms with van der Waals surface area (Å²) < 4.78 is 10.9. The summed E-state index contributed by atoms with van der Waals surface area (Å²) in [5.41, 5.74) is 6.43. The number of nitrogen functional groups attached to an aromatic ring is 1. The van der Waals surface area contributed by atoms with Crippen molar-refractivity contribution in [2.24, 2.45) is 0 Å². The Balaban J connectivity index is 1.04. The number of nitrogens with two attached hydrogens (primary N) is 1. The van der Waals surface area contributed by atoms with Crippen LogP contribution in [0.25, 0.3) is 11.2 Å². The van der Waals surface area contributed by atoms with Gasteiger partial charge in [0.15, 0.2) is 11.2 Å². The average molecular weight is 857 g/mol. The van der Waals surface area contributed by atoms with Crippen molar-refractivity contribution in [3.05, 3.63) is 52.1 Å². The van der Waals surface area contributed by atoms with Crippen molar-refractivity contribution in [3.63, 3.8) is 0 Å². The molecule has 1 saturated heterocycles. The van der Waals surface area contributed by atoms with E-state index in [9.17, 15) is 48.9 Å². The summed E-state index contributed by atoms with van der Waals surface area (Å²) in [4.78, 5) is 104. The number of hydrogen-bond donors (Lipinski definition) is 9. The number of fused-ring (bicyclic) bond motifs is 1. The molecule has 2 aromatic heterocycles. The van der Waals surface area contributed by atoms with Gasteiger partial charge >= 0.3 is 17.9 Å². The van der Waals surface area contributed by atoms with Crippen molar-refractivity contribution < 1.29 is 53.6 Å². The maximum atomic E-state index is 12.8. The number of anilines is 2. The number of carbonyl (C=O) groups excluding carboxylic acids is 3. The molecule has 3 aromatic rings. The largest absolute Gasteiger partial charge is 0.480 e. The Morgan fingerprint density at radius 1 is 0.770 bits per heavy atom. The minimum atomic E-state index is -1.31. The SMILES string of the molecule is Nc1nc2ncc(CNc3ccc(C(=O)N[C@@H](CCC(=O)NCCOCCOCCNC(=O)CN4CCN(CC(=O)O)CCN(CC(=O)O)CC4)C(=O)O)cc3)nc2c(=O)[nH]1. The van der Waals surface area contributed by atoms with Crippen LogP contribution in [0.2, 0.25) is 0 Å². The highest BCUT2D eigenvalue weighted by atomic mass is 16.5. The van der Waals surface area contributed by atoms with E-state index in [2.05, 4.69) is 41.2 Å². The summed E-state index contributed by atoms with van der Waals surface area (Å²) in [5.74, 6) is -4.64. The van der Waals surface area contributed by atoms with Gasteiger partial charge in [-0.1, -0.05) is 0 Å². The first-order valence-corrected chi connectivity index (χ1v) is 19.4. The second-order valence-corrected chi connectivity index (χ2v) is 13.9. The number of ether oxygens (including phenoxy) is 2. The quantitative estimate of drug-likeness (QED) is 0.0412. The number of aliphatic carboxylic acids is 3. The fourth-order valence-electron chi connectivity index (χ4n) is 6.00. The van der Waals surface area contributed by atoms with Crippen molar-refractivity contribution in [3.8, 4) is 0 Å². The third-order valence-corrected chi connectivity index (χ3v) is 9.16. The van der Waals surface area contributed by atoms with E-state index in [1.807, 2.05) is 4.90 Å². The number of carbonyl (C=O) groups is 6.